The van der Waals surface area contributed by atoms with E-state index in [1.54, 1.807) is 24.3 Å². The molecule has 0 saturated carbocycles. The minimum absolute atomic E-state index is 0.154. The van der Waals surface area contributed by atoms with Gasteiger partial charge in [-0.15, -0.1) is 0 Å². The van der Waals surface area contributed by atoms with Crippen LogP contribution in [0.25, 0.3) is 11.1 Å². The first-order valence-electron chi connectivity index (χ1n) is 11.6. The van der Waals surface area contributed by atoms with E-state index in [-0.39, 0.29) is 17.6 Å². The molecule has 2 aliphatic rings. The lowest BCUT2D eigenvalue weighted by molar-refractivity contribution is 0.0202. The molecular weight excluding hydrogens is 433 g/mol. The van der Waals surface area contributed by atoms with E-state index in [9.17, 15) is 14.6 Å². The number of aromatic hydroxyl groups is 2. The van der Waals surface area contributed by atoms with Crippen LogP contribution in [0.3, 0.4) is 0 Å². The Labute approximate surface area is 198 Å². The molecule has 1 atom stereocenters. The quantitative estimate of drug-likeness (QED) is 0.488. The first kappa shape index (κ1) is 22.3. The second kappa shape index (κ2) is 9.03. The van der Waals surface area contributed by atoms with Crippen LogP contribution >= 0.6 is 0 Å². The highest BCUT2D eigenvalue weighted by Crippen LogP contribution is 2.48. The van der Waals surface area contributed by atoms with Crippen molar-refractivity contribution in [2.24, 2.45) is 0 Å². The predicted octanol–water partition coefficient (Wildman–Crippen LogP) is 5.77. The van der Waals surface area contributed by atoms with Crippen molar-refractivity contribution in [1.29, 1.82) is 0 Å². The predicted molar refractivity (Wildman–Crippen MR) is 130 cm³/mol. The lowest BCUT2D eigenvalue weighted by Crippen LogP contribution is -2.53. The Morgan fingerprint density at radius 2 is 1.71 bits per heavy atom. The monoisotopic (exact) mass is 461 g/mol. The number of hydrogen-bond acceptors (Lipinski definition) is 5. The molecule has 5 nitrogen and oxygen atoms in total. The Morgan fingerprint density at radius 1 is 1.00 bits per heavy atom. The Bertz CT molecular complexity index is 1210. The number of fused-ring (bicyclic) bond motifs is 1. The Kier molecular flexibility index (Phi) is 5.92. The van der Waals surface area contributed by atoms with Gasteiger partial charge in [0.25, 0.3) is 0 Å². The third-order valence-corrected chi connectivity index (χ3v) is 6.45. The molecule has 2 N–H and O–H groups in total. The summed E-state index contributed by atoms with van der Waals surface area (Å²) >= 11 is 0. The number of hydrogen-bond donors (Lipinski definition) is 2. The standard InChI is InChI=1S/C28H28FNO4/c1-3-12-30-15-23(16-30)33-22-10-6-19(7-11-22)28-26(18-4-8-20(31)9-5-18)17(2)27-24(29)13-21(32)14-25(27)34-28/h4-11,13-14,23,28,31-32H,3,12,15-16H2,1-2H3. The largest absolute Gasteiger partial charge is 0.508 e. The van der Waals surface area contributed by atoms with Gasteiger partial charge in [0, 0.05) is 30.8 Å². The molecule has 3 aromatic rings. The number of phenolic OH excluding ortho intramolecular Hbond substituents is 2. The molecule has 2 aliphatic heterocycles. The van der Waals surface area contributed by atoms with Crippen molar-refractivity contribution in [3.05, 3.63) is 83.2 Å². The zero-order valence-electron chi connectivity index (χ0n) is 19.3. The van der Waals surface area contributed by atoms with Crippen LogP contribution in [0.2, 0.25) is 0 Å². The van der Waals surface area contributed by atoms with Crippen LogP contribution in [0, 0.1) is 5.82 Å². The minimum Gasteiger partial charge on any atom is -0.508 e. The van der Waals surface area contributed by atoms with Gasteiger partial charge in [0.05, 0.1) is 5.56 Å². The van der Waals surface area contributed by atoms with Crippen molar-refractivity contribution in [1.82, 2.24) is 4.90 Å². The van der Waals surface area contributed by atoms with Gasteiger partial charge in [-0.25, -0.2) is 4.39 Å². The maximum atomic E-state index is 14.8. The first-order chi connectivity index (χ1) is 16.4. The summed E-state index contributed by atoms with van der Waals surface area (Å²) in [6.07, 6.45) is 0.830. The van der Waals surface area contributed by atoms with Crippen LogP contribution in [-0.4, -0.2) is 40.9 Å². The fourth-order valence-corrected chi connectivity index (χ4v) is 4.79. The number of phenols is 2. The maximum Gasteiger partial charge on any atom is 0.150 e. The summed E-state index contributed by atoms with van der Waals surface area (Å²) in [6.45, 7) is 7.02. The lowest BCUT2D eigenvalue weighted by Gasteiger charge is -2.38. The molecule has 176 valence electrons. The lowest BCUT2D eigenvalue weighted by atomic mass is 9.86. The zero-order chi connectivity index (χ0) is 23.8. The van der Waals surface area contributed by atoms with E-state index < -0.39 is 11.9 Å². The normalized spacial score (nSPS) is 18.3. The van der Waals surface area contributed by atoms with Gasteiger partial charge >= 0.3 is 0 Å². The van der Waals surface area contributed by atoms with E-state index in [4.69, 9.17) is 9.47 Å². The first-order valence-corrected chi connectivity index (χ1v) is 11.6. The molecule has 6 heteroatoms. The van der Waals surface area contributed by atoms with Gasteiger partial charge in [0.2, 0.25) is 0 Å². The van der Waals surface area contributed by atoms with Gasteiger partial charge in [0.15, 0.2) is 0 Å². The average molecular weight is 462 g/mol. The number of ether oxygens (including phenoxy) is 2. The molecule has 1 saturated heterocycles. The third-order valence-electron chi connectivity index (χ3n) is 6.45. The van der Waals surface area contributed by atoms with Crippen molar-refractivity contribution in [2.75, 3.05) is 19.6 Å². The molecule has 0 radical (unpaired) electrons. The van der Waals surface area contributed by atoms with E-state index >= 15 is 0 Å². The molecule has 0 spiro atoms. The molecule has 5 rings (SSSR count). The molecule has 34 heavy (non-hydrogen) atoms. The van der Waals surface area contributed by atoms with Gasteiger partial charge in [-0.05, 0) is 60.9 Å². The second-order valence-corrected chi connectivity index (χ2v) is 8.95. The van der Waals surface area contributed by atoms with Crippen molar-refractivity contribution in [3.63, 3.8) is 0 Å². The Balaban J connectivity index is 1.47. The number of allylic oxidation sites excluding steroid dienone is 1. The van der Waals surface area contributed by atoms with Crippen LogP contribution in [-0.2, 0) is 0 Å². The van der Waals surface area contributed by atoms with Gasteiger partial charge in [-0.1, -0.05) is 31.2 Å². The number of halogens is 1. The Morgan fingerprint density at radius 3 is 2.38 bits per heavy atom. The molecule has 0 amide bonds. The summed E-state index contributed by atoms with van der Waals surface area (Å²) in [5.74, 6) is 0.535. The van der Waals surface area contributed by atoms with Crippen LogP contribution in [0.5, 0.6) is 23.0 Å². The van der Waals surface area contributed by atoms with E-state index in [0.29, 0.717) is 11.3 Å². The van der Waals surface area contributed by atoms with Crippen LogP contribution < -0.4 is 9.47 Å². The smallest absolute Gasteiger partial charge is 0.150 e. The molecule has 1 fully saturated rings. The fraction of sp³-hybridized carbons (Fsp3) is 0.286. The van der Waals surface area contributed by atoms with Crippen molar-refractivity contribution < 1.29 is 24.1 Å². The highest BCUT2D eigenvalue weighted by molar-refractivity contribution is 5.95. The SMILES string of the molecule is CCCN1CC(Oc2ccc(C3Oc4cc(O)cc(F)c4C(C)=C3c3ccc(O)cc3)cc2)C1. The summed E-state index contributed by atoms with van der Waals surface area (Å²) < 4.78 is 27.2. The summed E-state index contributed by atoms with van der Waals surface area (Å²) in [5.41, 5.74) is 3.56. The molecule has 0 aromatic heterocycles. The van der Waals surface area contributed by atoms with Crippen LogP contribution in [0.1, 0.15) is 43.1 Å². The van der Waals surface area contributed by atoms with Crippen molar-refractivity contribution in [2.45, 2.75) is 32.5 Å². The van der Waals surface area contributed by atoms with Crippen LogP contribution in [0.15, 0.2) is 60.7 Å². The molecule has 0 bridgehead atoms. The highest BCUT2D eigenvalue weighted by Gasteiger charge is 2.32. The fourth-order valence-electron chi connectivity index (χ4n) is 4.79. The van der Waals surface area contributed by atoms with Gasteiger partial charge in [0.1, 0.15) is 41.0 Å². The zero-order valence-corrected chi connectivity index (χ0v) is 19.3. The van der Waals surface area contributed by atoms with E-state index in [2.05, 4.69) is 11.8 Å². The molecule has 1 unspecified atom stereocenters. The van der Waals surface area contributed by atoms with Gasteiger partial charge < -0.3 is 19.7 Å². The maximum absolute atomic E-state index is 14.8. The topological polar surface area (TPSA) is 62.2 Å². The van der Waals surface area contributed by atoms with Gasteiger partial charge in [-0.3, -0.25) is 4.90 Å². The molecule has 3 aromatic carbocycles. The van der Waals surface area contributed by atoms with Crippen molar-refractivity contribution >= 4 is 11.1 Å². The highest BCUT2D eigenvalue weighted by atomic mass is 19.1. The number of rotatable bonds is 6. The van der Waals surface area contributed by atoms with Crippen molar-refractivity contribution in [3.8, 4) is 23.0 Å². The summed E-state index contributed by atoms with van der Waals surface area (Å²) in [4.78, 5) is 2.37. The number of benzene rings is 3. The average Bonchev–Trinajstić information content (AvgIpc) is 2.78. The van der Waals surface area contributed by atoms with Gasteiger partial charge in [-0.2, -0.15) is 0 Å². The third kappa shape index (κ3) is 4.21. The Hall–Kier alpha value is -3.51. The van der Waals surface area contributed by atoms with E-state index in [1.165, 1.54) is 6.07 Å². The molecular formula is C28H28FNO4. The summed E-state index contributed by atoms with van der Waals surface area (Å²) in [6, 6.07) is 17.1. The minimum atomic E-state index is -0.538. The number of nitrogens with zero attached hydrogens (tertiary/aromatic N) is 1. The number of likely N-dealkylation sites (tertiary alicyclic amines) is 1. The van der Waals surface area contributed by atoms with E-state index in [1.807, 2.05) is 31.2 Å². The molecule has 2 heterocycles. The molecule has 0 aliphatic carbocycles. The second-order valence-electron chi connectivity index (χ2n) is 8.95. The van der Waals surface area contributed by atoms with Crippen LogP contribution in [0.4, 0.5) is 4.39 Å². The summed E-state index contributed by atoms with van der Waals surface area (Å²) in [5, 5.41) is 19.7. The summed E-state index contributed by atoms with van der Waals surface area (Å²) in [7, 11) is 0. The van der Waals surface area contributed by atoms with E-state index in [0.717, 1.165) is 60.1 Å².